The molecular weight excluding hydrogens is 448 g/mol. The lowest BCUT2D eigenvalue weighted by Crippen LogP contribution is -1.85. The normalized spacial score (nSPS) is 12.1. The topological polar surface area (TPSA) is 0 Å². The Labute approximate surface area is 204 Å². The molecule has 2 aromatic heterocycles. The summed E-state index contributed by atoms with van der Waals surface area (Å²) in [4.78, 5) is 0. The quantitative estimate of drug-likeness (QED) is 0.226. The molecule has 157 valence electrons. The second-order valence-electron chi connectivity index (χ2n) is 8.80. The Hall–Kier alpha value is -3.72. The summed E-state index contributed by atoms with van der Waals surface area (Å²) in [6.45, 7) is 0. The molecule has 6 aromatic carbocycles. The third kappa shape index (κ3) is 2.47. The summed E-state index contributed by atoms with van der Waals surface area (Å²) in [5.41, 5.74) is 2.61. The Morgan fingerprint density at radius 2 is 1.26 bits per heavy atom. The highest BCUT2D eigenvalue weighted by molar-refractivity contribution is 7.27. The van der Waals surface area contributed by atoms with Crippen LogP contribution in [0.3, 0.4) is 0 Å². The molecule has 0 saturated carbocycles. The maximum atomic E-state index is 3.57. The molecule has 34 heavy (non-hydrogen) atoms. The van der Waals surface area contributed by atoms with Crippen molar-refractivity contribution < 1.29 is 0 Å². The highest BCUT2D eigenvalue weighted by Crippen LogP contribution is 2.47. The summed E-state index contributed by atoms with van der Waals surface area (Å²) in [6.07, 6.45) is 0. The van der Waals surface area contributed by atoms with Crippen LogP contribution < -0.4 is 0 Å². The summed E-state index contributed by atoms with van der Waals surface area (Å²) in [5, 5.41) is 10.5. The third-order valence-electron chi connectivity index (χ3n) is 6.96. The maximum absolute atomic E-state index is 3.57. The Kier molecular flexibility index (Phi) is 3.79. The van der Waals surface area contributed by atoms with Crippen LogP contribution in [0.15, 0.2) is 103 Å². The molecule has 0 amide bonds. The van der Waals surface area contributed by atoms with Gasteiger partial charge in [0.05, 0.1) is 0 Å². The van der Waals surface area contributed by atoms with Gasteiger partial charge in [-0.1, -0.05) is 84.9 Å². The zero-order valence-corrected chi connectivity index (χ0v) is 19.8. The van der Waals surface area contributed by atoms with E-state index in [4.69, 9.17) is 0 Å². The average Bonchev–Trinajstić information content (AvgIpc) is 3.47. The van der Waals surface area contributed by atoms with Crippen molar-refractivity contribution in [1.82, 2.24) is 0 Å². The predicted octanol–water partition coefficient (Wildman–Crippen LogP) is 10.2. The van der Waals surface area contributed by atoms with Crippen LogP contribution >= 0.6 is 22.7 Å². The predicted molar refractivity (Wildman–Crippen MR) is 152 cm³/mol. The van der Waals surface area contributed by atoms with Gasteiger partial charge in [-0.3, -0.25) is 0 Å². The van der Waals surface area contributed by atoms with Crippen molar-refractivity contribution in [2.24, 2.45) is 0 Å². The number of thiophene rings is 2. The monoisotopic (exact) mass is 465 g/mol. The number of hydrogen-bond donors (Lipinski definition) is 0. The first-order valence-electron chi connectivity index (χ1n) is 11.4. The van der Waals surface area contributed by atoms with Gasteiger partial charge >= 0.3 is 0 Å². The van der Waals surface area contributed by atoms with E-state index in [1.54, 1.807) is 0 Å². The molecule has 0 aliphatic heterocycles. The van der Waals surface area contributed by atoms with Crippen molar-refractivity contribution in [2.45, 2.75) is 0 Å². The summed E-state index contributed by atoms with van der Waals surface area (Å²) in [6, 6.07) is 41.2. The first-order chi connectivity index (χ1) is 16.9. The van der Waals surface area contributed by atoms with Crippen LogP contribution in [-0.4, -0.2) is 0 Å². The van der Waals surface area contributed by atoms with E-state index in [0.717, 1.165) is 0 Å². The SMILES string of the molecule is [c]1cccc2sc3c4ccccc4cc(-c4cccc5ccc6c7ccccc7sc6c45)c3c12. The van der Waals surface area contributed by atoms with Gasteiger partial charge in [0.25, 0.3) is 0 Å². The summed E-state index contributed by atoms with van der Waals surface area (Å²) in [5.74, 6) is 0. The molecule has 0 saturated heterocycles. The van der Waals surface area contributed by atoms with Gasteiger partial charge in [-0.25, -0.2) is 0 Å². The standard InChI is InChI=1S/C32H17S2/c1-2-10-21-20(8-1)18-26(30-25-12-4-6-15-28(25)34-31(21)30)23-13-7-9-19-16-17-24-22-11-3-5-14-27(22)33-32(24)29(19)23/h1-11,13-18H. The van der Waals surface area contributed by atoms with E-state index in [2.05, 4.69) is 103 Å². The lowest BCUT2D eigenvalue weighted by atomic mass is 9.91. The van der Waals surface area contributed by atoms with E-state index in [1.165, 1.54) is 73.0 Å². The Morgan fingerprint density at radius 3 is 2.24 bits per heavy atom. The Morgan fingerprint density at radius 1 is 0.500 bits per heavy atom. The van der Waals surface area contributed by atoms with Crippen LogP contribution in [0.1, 0.15) is 0 Å². The summed E-state index contributed by atoms with van der Waals surface area (Å²) >= 11 is 3.79. The van der Waals surface area contributed by atoms with Crippen LogP contribution in [0.5, 0.6) is 0 Å². The molecule has 1 radical (unpaired) electrons. The molecule has 0 bridgehead atoms. The smallest absolute Gasteiger partial charge is 0.0440 e. The van der Waals surface area contributed by atoms with E-state index in [1.807, 2.05) is 28.7 Å². The first-order valence-corrected chi connectivity index (χ1v) is 13.1. The van der Waals surface area contributed by atoms with E-state index in [9.17, 15) is 0 Å². The van der Waals surface area contributed by atoms with Crippen molar-refractivity contribution in [3.8, 4) is 11.1 Å². The molecule has 0 unspecified atom stereocenters. The minimum Gasteiger partial charge on any atom is -0.135 e. The Bertz CT molecular complexity index is 2070. The molecule has 0 nitrogen and oxygen atoms in total. The third-order valence-corrected chi connectivity index (χ3v) is 9.35. The summed E-state index contributed by atoms with van der Waals surface area (Å²) < 4.78 is 5.37. The van der Waals surface area contributed by atoms with Gasteiger partial charge in [0.15, 0.2) is 0 Å². The van der Waals surface area contributed by atoms with Crippen molar-refractivity contribution in [3.63, 3.8) is 0 Å². The molecule has 0 fully saturated rings. The first kappa shape index (κ1) is 18.7. The van der Waals surface area contributed by atoms with Crippen molar-refractivity contribution >= 4 is 84.6 Å². The minimum absolute atomic E-state index is 1.23. The molecule has 0 N–H and O–H groups in total. The van der Waals surface area contributed by atoms with Crippen LogP contribution in [0.25, 0.3) is 73.0 Å². The van der Waals surface area contributed by atoms with Crippen LogP contribution in [0.4, 0.5) is 0 Å². The van der Waals surface area contributed by atoms with Crippen molar-refractivity contribution in [1.29, 1.82) is 0 Å². The molecule has 0 spiro atoms. The van der Waals surface area contributed by atoms with Crippen LogP contribution in [0, 0.1) is 6.07 Å². The number of hydrogen-bond acceptors (Lipinski definition) is 2. The zero-order valence-electron chi connectivity index (χ0n) is 18.1. The maximum Gasteiger partial charge on any atom is 0.0440 e. The van der Waals surface area contributed by atoms with Gasteiger partial charge < -0.3 is 0 Å². The van der Waals surface area contributed by atoms with E-state index >= 15 is 0 Å². The van der Waals surface area contributed by atoms with Crippen molar-refractivity contribution in [3.05, 3.63) is 109 Å². The highest BCUT2D eigenvalue weighted by atomic mass is 32.1. The Balaban J connectivity index is 1.62. The van der Waals surface area contributed by atoms with Crippen LogP contribution in [-0.2, 0) is 0 Å². The second-order valence-corrected chi connectivity index (χ2v) is 10.9. The average molecular weight is 466 g/mol. The van der Waals surface area contributed by atoms with Crippen molar-refractivity contribution in [2.75, 3.05) is 0 Å². The van der Waals surface area contributed by atoms with E-state index in [-0.39, 0.29) is 0 Å². The van der Waals surface area contributed by atoms with Gasteiger partial charge in [0.1, 0.15) is 0 Å². The molecular formula is C32H17S2. The second kappa shape index (κ2) is 6.89. The fourth-order valence-corrected chi connectivity index (χ4v) is 7.98. The number of rotatable bonds is 1. The highest BCUT2D eigenvalue weighted by Gasteiger charge is 2.18. The van der Waals surface area contributed by atoms with E-state index < -0.39 is 0 Å². The number of benzene rings is 6. The molecule has 2 heteroatoms. The lowest BCUT2D eigenvalue weighted by molar-refractivity contribution is 1.75. The van der Waals surface area contributed by atoms with Gasteiger partial charge in [-0.05, 0) is 51.6 Å². The molecule has 8 rings (SSSR count). The molecule has 0 atom stereocenters. The largest absolute Gasteiger partial charge is 0.135 e. The van der Waals surface area contributed by atoms with E-state index in [0.29, 0.717) is 0 Å². The van der Waals surface area contributed by atoms with Gasteiger partial charge in [-0.15, -0.1) is 22.7 Å². The number of fused-ring (bicyclic) bond motifs is 10. The minimum atomic E-state index is 1.23. The van der Waals surface area contributed by atoms with Gasteiger partial charge in [-0.2, -0.15) is 0 Å². The summed E-state index contributed by atoms with van der Waals surface area (Å²) in [7, 11) is 0. The zero-order chi connectivity index (χ0) is 22.2. The fourth-order valence-electron chi connectivity index (χ4n) is 5.47. The lowest BCUT2D eigenvalue weighted by Gasteiger charge is -2.12. The van der Waals surface area contributed by atoms with Gasteiger partial charge in [0.2, 0.25) is 0 Å². The van der Waals surface area contributed by atoms with Crippen LogP contribution in [0.2, 0.25) is 0 Å². The fraction of sp³-hybridized carbons (Fsp3) is 0. The molecule has 0 aliphatic rings. The molecule has 0 aliphatic carbocycles. The molecule has 2 heterocycles. The van der Waals surface area contributed by atoms with Gasteiger partial charge in [0, 0.05) is 45.7 Å². The molecule has 8 aromatic rings.